The van der Waals surface area contributed by atoms with E-state index in [0.717, 1.165) is 0 Å². The third-order valence-corrected chi connectivity index (χ3v) is 0.877. The smallest absolute Gasteiger partial charge is 0.215 e. The fourth-order valence-corrected chi connectivity index (χ4v) is 0.362. The van der Waals surface area contributed by atoms with Gasteiger partial charge in [0.2, 0.25) is 11.9 Å². The molecule has 0 aromatic heterocycles. The fourth-order valence-electron chi connectivity index (χ4n) is 0.362. The van der Waals surface area contributed by atoms with Crippen molar-refractivity contribution in [3.05, 3.63) is 0 Å². The standard InChI is InChI=1S/C4H11N5O2/c1-9(2-11-10)4(7)8-3(5)6/h10H,2H2,1H3,(H5,5,6,7,8). The van der Waals surface area contributed by atoms with E-state index in [1.54, 1.807) is 0 Å². The topological polar surface area (TPSA) is 121 Å². The molecule has 0 saturated heterocycles. The van der Waals surface area contributed by atoms with E-state index < -0.39 is 5.96 Å². The third kappa shape index (κ3) is 4.12. The van der Waals surface area contributed by atoms with Gasteiger partial charge in [-0.25, -0.2) is 10.1 Å². The summed E-state index contributed by atoms with van der Waals surface area (Å²) in [5, 5.41) is 14.7. The number of nitrogens with one attached hydrogen (secondary N) is 1. The molecule has 7 nitrogen and oxygen atoms in total. The summed E-state index contributed by atoms with van der Waals surface area (Å²) in [4.78, 5) is 8.43. The van der Waals surface area contributed by atoms with Crippen LogP contribution in [-0.4, -0.2) is 35.9 Å². The Morgan fingerprint density at radius 1 is 1.73 bits per heavy atom. The molecular weight excluding hydrogens is 150 g/mol. The molecule has 0 aromatic rings. The molecule has 11 heavy (non-hydrogen) atoms. The highest BCUT2D eigenvalue weighted by atomic mass is 17.1. The van der Waals surface area contributed by atoms with Gasteiger partial charge >= 0.3 is 0 Å². The lowest BCUT2D eigenvalue weighted by atomic mass is 10.8. The zero-order valence-electron chi connectivity index (χ0n) is 6.11. The average molecular weight is 161 g/mol. The van der Waals surface area contributed by atoms with E-state index >= 15 is 0 Å². The Morgan fingerprint density at radius 2 is 2.27 bits per heavy atom. The van der Waals surface area contributed by atoms with Crippen LogP contribution < -0.4 is 11.5 Å². The summed E-state index contributed by atoms with van der Waals surface area (Å²) in [7, 11) is 1.53. The molecule has 0 aliphatic carbocycles. The zero-order chi connectivity index (χ0) is 8.85. The predicted molar refractivity (Wildman–Crippen MR) is 39.9 cm³/mol. The number of aliphatic imine (C=N–C) groups is 1. The van der Waals surface area contributed by atoms with Crippen molar-refractivity contribution in [3.8, 4) is 0 Å². The van der Waals surface area contributed by atoms with E-state index in [1.807, 2.05) is 0 Å². The minimum atomic E-state index is -0.396. The summed E-state index contributed by atoms with van der Waals surface area (Å²) in [6, 6.07) is 0. The second-order valence-electron chi connectivity index (χ2n) is 1.81. The molecule has 0 amide bonds. The fraction of sp³-hybridized carbons (Fsp3) is 0.500. The largest absolute Gasteiger partial charge is 0.369 e. The second kappa shape index (κ2) is 4.47. The Hall–Kier alpha value is -1.34. The van der Waals surface area contributed by atoms with Gasteiger partial charge in [0.25, 0.3) is 0 Å². The van der Waals surface area contributed by atoms with E-state index in [9.17, 15) is 0 Å². The van der Waals surface area contributed by atoms with Crippen molar-refractivity contribution >= 4 is 11.9 Å². The highest BCUT2D eigenvalue weighted by Gasteiger charge is 2.00. The van der Waals surface area contributed by atoms with E-state index in [-0.39, 0.29) is 12.7 Å². The van der Waals surface area contributed by atoms with Crippen LogP contribution >= 0.6 is 0 Å². The normalized spacial score (nSPS) is 11.3. The van der Waals surface area contributed by atoms with Gasteiger partial charge in [0.05, 0.1) is 0 Å². The quantitative estimate of drug-likeness (QED) is 0.130. The van der Waals surface area contributed by atoms with Crippen molar-refractivity contribution < 1.29 is 10.1 Å². The van der Waals surface area contributed by atoms with Crippen molar-refractivity contribution in [1.29, 1.82) is 5.41 Å². The maximum Gasteiger partial charge on any atom is 0.215 e. The first kappa shape index (κ1) is 9.66. The molecule has 0 heterocycles. The van der Waals surface area contributed by atoms with Gasteiger partial charge in [-0.05, 0) is 0 Å². The molecule has 0 atom stereocenters. The van der Waals surface area contributed by atoms with E-state index in [4.69, 9.17) is 22.1 Å². The molecule has 0 unspecified atom stereocenters. The van der Waals surface area contributed by atoms with Crippen LogP contribution in [0, 0.1) is 5.41 Å². The number of nitrogens with zero attached hydrogens (tertiary/aromatic N) is 2. The molecule has 0 aliphatic rings. The minimum Gasteiger partial charge on any atom is -0.369 e. The first-order valence-corrected chi connectivity index (χ1v) is 2.73. The number of hydrogen-bond acceptors (Lipinski definition) is 3. The molecule has 0 saturated carbocycles. The van der Waals surface area contributed by atoms with Gasteiger partial charge in [0, 0.05) is 7.05 Å². The highest BCUT2D eigenvalue weighted by Crippen LogP contribution is 1.81. The van der Waals surface area contributed by atoms with Crippen molar-refractivity contribution in [1.82, 2.24) is 4.90 Å². The first-order valence-electron chi connectivity index (χ1n) is 2.73. The number of hydrogen-bond donors (Lipinski definition) is 4. The van der Waals surface area contributed by atoms with Crippen LogP contribution in [0.25, 0.3) is 0 Å². The second-order valence-corrected chi connectivity index (χ2v) is 1.81. The molecule has 0 fully saturated rings. The average Bonchev–Trinajstić information content (AvgIpc) is 1.86. The summed E-state index contributed by atoms with van der Waals surface area (Å²) in [5.41, 5.74) is 10.2. The number of guanidine groups is 2. The summed E-state index contributed by atoms with van der Waals surface area (Å²) >= 11 is 0. The third-order valence-electron chi connectivity index (χ3n) is 0.877. The molecule has 0 aliphatic heterocycles. The SMILES string of the molecule is CN(COO)/C(N)=N/C(=N)N. The molecule has 0 aromatic carbocycles. The van der Waals surface area contributed by atoms with Crippen LogP contribution in [-0.2, 0) is 4.89 Å². The highest BCUT2D eigenvalue weighted by molar-refractivity contribution is 5.91. The van der Waals surface area contributed by atoms with Crippen LogP contribution in [0.15, 0.2) is 4.99 Å². The van der Waals surface area contributed by atoms with Crippen LogP contribution in [0.4, 0.5) is 0 Å². The Balaban J connectivity index is 4.00. The molecule has 0 radical (unpaired) electrons. The van der Waals surface area contributed by atoms with Gasteiger partial charge in [0.1, 0.15) is 0 Å². The Labute approximate surface area is 63.7 Å². The molecule has 64 valence electrons. The summed E-state index contributed by atoms with van der Waals surface area (Å²) < 4.78 is 0. The Morgan fingerprint density at radius 3 is 2.64 bits per heavy atom. The predicted octanol–water partition coefficient (Wildman–Crippen LogP) is -1.43. The minimum absolute atomic E-state index is 0.00606. The molecule has 7 heteroatoms. The van der Waals surface area contributed by atoms with Crippen molar-refractivity contribution in [2.45, 2.75) is 0 Å². The lowest BCUT2D eigenvalue weighted by Gasteiger charge is -2.14. The maximum atomic E-state index is 7.98. The molecule has 6 N–H and O–H groups in total. The number of rotatable bonds is 2. The van der Waals surface area contributed by atoms with Crippen molar-refractivity contribution in [3.63, 3.8) is 0 Å². The van der Waals surface area contributed by atoms with Crippen LogP contribution in [0.2, 0.25) is 0 Å². The van der Waals surface area contributed by atoms with Crippen LogP contribution in [0.1, 0.15) is 0 Å². The van der Waals surface area contributed by atoms with Gasteiger partial charge < -0.3 is 16.4 Å². The monoisotopic (exact) mass is 161 g/mol. The maximum absolute atomic E-state index is 7.98. The van der Waals surface area contributed by atoms with E-state index in [0.29, 0.717) is 0 Å². The summed E-state index contributed by atoms with van der Waals surface area (Å²) in [6.45, 7) is -0.122. The molecule has 0 rings (SSSR count). The molecular formula is C4H11N5O2. The van der Waals surface area contributed by atoms with Crippen LogP contribution in [0.3, 0.4) is 0 Å². The lowest BCUT2D eigenvalue weighted by molar-refractivity contribution is -0.259. The summed E-state index contributed by atoms with van der Waals surface area (Å²) in [6.07, 6.45) is 0. The van der Waals surface area contributed by atoms with Gasteiger partial charge in [-0.1, -0.05) is 0 Å². The van der Waals surface area contributed by atoms with Crippen LogP contribution in [0.5, 0.6) is 0 Å². The van der Waals surface area contributed by atoms with E-state index in [1.165, 1.54) is 11.9 Å². The summed E-state index contributed by atoms with van der Waals surface area (Å²) in [5.74, 6) is -0.390. The Bertz CT molecular complexity index is 168. The zero-order valence-corrected chi connectivity index (χ0v) is 6.11. The molecule has 0 spiro atoms. The van der Waals surface area contributed by atoms with E-state index in [2.05, 4.69) is 9.88 Å². The first-order chi connectivity index (χ1) is 5.07. The van der Waals surface area contributed by atoms with Crippen molar-refractivity contribution in [2.24, 2.45) is 16.5 Å². The lowest BCUT2D eigenvalue weighted by Crippen LogP contribution is -2.36. The van der Waals surface area contributed by atoms with Gasteiger partial charge in [-0.2, -0.15) is 4.99 Å². The van der Waals surface area contributed by atoms with Gasteiger partial charge in [-0.15, -0.1) is 0 Å². The van der Waals surface area contributed by atoms with Gasteiger partial charge in [0.15, 0.2) is 6.73 Å². The molecule has 0 bridgehead atoms. The Kier molecular flexibility index (Phi) is 3.93. The van der Waals surface area contributed by atoms with Gasteiger partial charge in [-0.3, -0.25) is 5.41 Å². The van der Waals surface area contributed by atoms with Crippen molar-refractivity contribution in [2.75, 3.05) is 13.8 Å². The number of nitrogens with two attached hydrogens (primary N) is 2.